The number of hydrogen-bond donors (Lipinski definition) is 0. The van der Waals surface area contributed by atoms with Gasteiger partial charge in [-0.15, -0.1) is 0 Å². The van der Waals surface area contributed by atoms with Gasteiger partial charge in [-0.25, -0.2) is 4.39 Å². The first-order valence-corrected chi connectivity index (χ1v) is 4.85. The molecule has 8 heteroatoms. The molecular weight excluding hydrogens is 233 g/mol. The maximum absolute atomic E-state index is 12.6. The summed E-state index contributed by atoms with van der Waals surface area (Å²) >= 11 is 0. The summed E-state index contributed by atoms with van der Waals surface area (Å²) in [7, 11) is 0. The lowest BCUT2D eigenvalue weighted by atomic mass is 10.3. The molecule has 7 nitrogen and oxygen atoms in total. The fourth-order valence-corrected chi connectivity index (χ4v) is 1.34. The fourth-order valence-electron chi connectivity index (χ4n) is 1.34. The Morgan fingerprint density at radius 3 is 2.82 bits per heavy atom. The zero-order chi connectivity index (χ0) is 13.0. The van der Waals surface area contributed by atoms with Crippen molar-refractivity contribution in [1.82, 2.24) is 9.55 Å². The van der Waals surface area contributed by atoms with Gasteiger partial charge >= 0.3 is 11.8 Å². The molecule has 0 aliphatic heterocycles. The third kappa shape index (κ3) is 3.51. The lowest BCUT2D eigenvalue weighted by molar-refractivity contribution is -0.389. The molecule has 0 aliphatic rings. The molecule has 0 N–H and O–H groups in total. The number of ether oxygens (including phenoxy) is 1. The maximum Gasteiger partial charge on any atom is 0.381 e. The van der Waals surface area contributed by atoms with Gasteiger partial charge in [-0.2, -0.15) is 0 Å². The molecule has 0 fully saturated rings. The van der Waals surface area contributed by atoms with E-state index in [-0.39, 0.29) is 12.4 Å². The number of nitrogens with zero attached hydrogens (tertiary/aromatic N) is 3. The molecule has 1 aromatic heterocycles. The van der Waals surface area contributed by atoms with E-state index in [0.29, 0.717) is 5.82 Å². The van der Waals surface area contributed by atoms with Crippen LogP contribution in [0.5, 0.6) is 0 Å². The van der Waals surface area contributed by atoms with Crippen molar-refractivity contribution in [2.75, 3.05) is 6.67 Å². The number of alkyl halides is 1. The fraction of sp³-hybridized carbons (Fsp3) is 0.556. The van der Waals surface area contributed by atoms with E-state index in [2.05, 4.69) is 4.98 Å². The third-order valence-corrected chi connectivity index (χ3v) is 2.06. The Balaban J connectivity index is 2.79. The van der Waals surface area contributed by atoms with Crippen LogP contribution in [0.25, 0.3) is 0 Å². The largest absolute Gasteiger partial charge is 0.458 e. The van der Waals surface area contributed by atoms with Crippen molar-refractivity contribution in [1.29, 1.82) is 0 Å². The minimum absolute atomic E-state index is 0.00273. The molecule has 0 bridgehead atoms. The molecule has 94 valence electrons. The standard InChI is InChI=1S/C9H12FN3O4/c1-6-11-9(13(15)16)5-12(6)4-8(3-10)17-7(2)14/h5,8H,3-4H2,1-2H3. The molecule has 0 aliphatic carbocycles. The Morgan fingerprint density at radius 1 is 1.76 bits per heavy atom. The molecule has 0 radical (unpaired) electrons. The average molecular weight is 245 g/mol. The summed E-state index contributed by atoms with van der Waals surface area (Å²) in [4.78, 5) is 24.2. The van der Waals surface area contributed by atoms with Crippen molar-refractivity contribution in [3.63, 3.8) is 0 Å². The van der Waals surface area contributed by atoms with Crippen LogP contribution in [0, 0.1) is 17.0 Å². The zero-order valence-electron chi connectivity index (χ0n) is 9.42. The van der Waals surface area contributed by atoms with Crippen molar-refractivity contribution in [2.45, 2.75) is 26.5 Å². The van der Waals surface area contributed by atoms with Crippen LogP contribution in [0.1, 0.15) is 12.7 Å². The summed E-state index contributed by atoms with van der Waals surface area (Å²) in [5.74, 6) is -0.551. The number of rotatable bonds is 5. The number of hydrogen-bond acceptors (Lipinski definition) is 5. The van der Waals surface area contributed by atoms with Crippen molar-refractivity contribution in [3.05, 3.63) is 22.1 Å². The summed E-state index contributed by atoms with van der Waals surface area (Å²) in [5, 5.41) is 10.5. The Morgan fingerprint density at radius 2 is 2.41 bits per heavy atom. The number of carbonyl (C=O) groups excluding carboxylic acids is 1. The first-order chi connectivity index (χ1) is 7.93. The van der Waals surface area contributed by atoms with E-state index >= 15 is 0 Å². The topological polar surface area (TPSA) is 87.3 Å². The summed E-state index contributed by atoms with van der Waals surface area (Å²) in [6, 6.07) is 0. The zero-order valence-corrected chi connectivity index (χ0v) is 9.42. The number of aromatic nitrogens is 2. The number of esters is 1. The van der Waals surface area contributed by atoms with Crippen molar-refractivity contribution in [2.24, 2.45) is 0 Å². The monoisotopic (exact) mass is 245 g/mol. The average Bonchev–Trinajstić information content (AvgIpc) is 2.59. The predicted molar refractivity (Wildman–Crippen MR) is 55.1 cm³/mol. The van der Waals surface area contributed by atoms with Crippen molar-refractivity contribution in [3.8, 4) is 0 Å². The van der Waals surface area contributed by atoms with Crippen LogP contribution in [0.3, 0.4) is 0 Å². The second-order valence-corrected chi connectivity index (χ2v) is 3.44. The number of imidazole rings is 1. The van der Waals surface area contributed by atoms with Gasteiger partial charge < -0.3 is 19.4 Å². The summed E-state index contributed by atoms with van der Waals surface area (Å²) in [5.41, 5.74) is 0. The lowest BCUT2D eigenvalue weighted by Crippen LogP contribution is -2.24. The van der Waals surface area contributed by atoms with E-state index in [1.165, 1.54) is 17.7 Å². The molecule has 1 rings (SSSR count). The highest BCUT2D eigenvalue weighted by molar-refractivity contribution is 5.66. The molecule has 17 heavy (non-hydrogen) atoms. The van der Waals surface area contributed by atoms with Gasteiger partial charge in [0, 0.05) is 13.8 Å². The lowest BCUT2D eigenvalue weighted by Gasteiger charge is -2.13. The van der Waals surface area contributed by atoms with E-state index in [4.69, 9.17) is 4.74 Å². The summed E-state index contributed by atoms with van der Waals surface area (Å²) < 4.78 is 18.6. The number of nitro groups is 1. The van der Waals surface area contributed by atoms with Crippen LogP contribution in [0.15, 0.2) is 6.20 Å². The van der Waals surface area contributed by atoms with Crippen molar-refractivity contribution < 1.29 is 18.8 Å². The predicted octanol–water partition coefficient (Wildman–Crippen LogP) is 1.00. The molecule has 1 aromatic rings. The van der Waals surface area contributed by atoms with Crippen LogP contribution in [-0.2, 0) is 16.1 Å². The Labute approximate surface area is 96.4 Å². The number of aryl methyl sites for hydroxylation is 1. The van der Waals surface area contributed by atoms with Gasteiger partial charge in [0.2, 0.25) is 5.82 Å². The highest BCUT2D eigenvalue weighted by atomic mass is 19.1. The highest BCUT2D eigenvalue weighted by Crippen LogP contribution is 2.12. The molecular formula is C9H12FN3O4. The second-order valence-electron chi connectivity index (χ2n) is 3.44. The van der Waals surface area contributed by atoms with Crippen LogP contribution < -0.4 is 0 Å². The second kappa shape index (κ2) is 5.37. The molecule has 0 aromatic carbocycles. The molecule has 0 spiro atoms. The molecule has 1 heterocycles. The van der Waals surface area contributed by atoms with Gasteiger partial charge in [0.15, 0.2) is 0 Å². The minimum Gasteiger partial charge on any atom is -0.458 e. The minimum atomic E-state index is -0.958. The quantitative estimate of drug-likeness (QED) is 0.438. The van der Waals surface area contributed by atoms with E-state index < -0.39 is 23.7 Å². The molecule has 0 amide bonds. The van der Waals surface area contributed by atoms with Gasteiger partial charge in [-0.3, -0.25) is 4.79 Å². The number of carbonyl (C=O) groups is 1. The van der Waals surface area contributed by atoms with Crippen LogP contribution in [0.4, 0.5) is 10.2 Å². The van der Waals surface area contributed by atoms with Crippen LogP contribution in [0.2, 0.25) is 0 Å². The van der Waals surface area contributed by atoms with Crippen LogP contribution >= 0.6 is 0 Å². The van der Waals surface area contributed by atoms with E-state index in [0.717, 1.165) is 0 Å². The van der Waals surface area contributed by atoms with E-state index in [1.54, 1.807) is 6.92 Å². The first kappa shape index (κ1) is 13.1. The molecule has 1 atom stereocenters. The Hall–Kier alpha value is -1.99. The van der Waals surface area contributed by atoms with Crippen molar-refractivity contribution >= 4 is 11.8 Å². The third-order valence-electron chi connectivity index (χ3n) is 2.06. The summed E-state index contributed by atoms with van der Waals surface area (Å²) in [6.45, 7) is 1.87. The van der Waals surface area contributed by atoms with Gasteiger partial charge in [-0.05, 0) is 9.91 Å². The normalized spacial score (nSPS) is 12.2. The Bertz CT molecular complexity index is 432. The first-order valence-electron chi connectivity index (χ1n) is 4.85. The highest BCUT2D eigenvalue weighted by Gasteiger charge is 2.19. The van der Waals surface area contributed by atoms with Gasteiger partial charge in [0.05, 0.1) is 6.54 Å². The van der Waals surface area contributed by atoms with Gasteiger partial charge in [0.1, 0.15) is 19.0 Å². The van der Waals surface area contributed by atoms with E-state index in [9.17, 15) is 19.3 Å². The van der Waals surface area contributed by atoms with Crippen LogP contribution in [-0.4, -0.2) is 33.2 Å². The molecule has 1 unspecified atom stereocenters. The molecule has 0 saturated heterocycles. The number of halogens is 1. The SMILES string of the molecule is CC(=O)OC(CF)Cn1cc([N+](=O)[O-])nc1C. The maximum atomic E-state index is 12.6. The van der Waals surface area contributed by atoms with Gasteiger partial charge in [0.25, 0.3) is 0 Å². The smallest absolute Gasteiger partial charge is 0.381 e. The molecule has 0 saturated carbocycles. The van der Waals surface area contributed by atoms with Gasteiger partial charge in [-0.1, -0.05) is 0 Å². The Kier molecular flexibility index (Phi) is 4.13. The van der Waals surface area contributed by atoms with E-state index in [1.807, 2.05) is 0 Å². The summed E-state index contributed by atoms with van der Waals surface area (Å²) in [6.07, 6.45) is 0.224.